The Morgan fingerprint density at radius 2 is 2.07 bits per heavy atom. The third-order valence-corrected chi connectivity index (χ3v) is 6.17. The van der Waals surface area contributed by atoms with E-state index < -0.39 is 0 Å². The molecule has 0 saturated carbocycles. The van der Waals surface area contributed by atoms with Crippen molar-refractivity contribution in [1.82, 2.24) is 34.3 Å². The van der Waals surface area contributed by atoms with E-state index in [4.69, 9.17) is 4.74 Å². The summed E-state index contributed by atoms with van der Waals surface area (Å²) in [5, 5.41) is 12.3. The van der Waals surface area contributed by atoms with Crippen molar-refractivity contribution in [2.45, 2.75) is 33.2 Å². The van der Waals surface area contributed by atoms with Crippen LogP contribution in [0.4, 0.5) is 5.82 Å². The summed E-state index contributed by atoms with van der Waals surface area (Å²) in [6.45, 7) is 8.12. The standard InChI is InChI=1S/C20H26N8O2/c1-13-14(2)25-20-22-12-24-28(20)18(13)21-10-15-3-4-27-17(9-15)16(11-23-27)19(29)26-5-7-30-8-6-26/h11-12,15,21H,3-10H2,1-2H3. The summed E-state index contributed by atoms with van der Waals surface area (Å²) in [6, 6.07) is 0. The number of aryl methyl sites for hydroxylation is 2. The summed E-state index contributed by atoms with van der Waals surface area (Å²) in [6.07, 6.45) is 5.09. The van der Waals surface area contributed by atoms with Crippen molar-refractivity contribution in [2.75, 3.05) is 38.2 Å². The molecule has 2 aliphatic heterocycles. The molecule has 0 spiro atoms. The zero-order valence-corrected chi connectivity index (χ0v) is 17.3. The lowest BCUT2D eigenvalue weighted by Gasteiger charge is -2.28. The maximum absolute atomic E-state index is 13.0. The molecule has 0 radical (unpaired) electrons. The Morgan fingerprint density at radius 1 is 1.23 bits per heavy atom. The average molecular weight is 410 g/mol. The van der Waals surface area contributed by atoms with Crippen LogP contribution in [0.2, 0.25) is 0 Å². The second-order valence-electron chi connectivity index (χ2n) is 8.02. The van der Waals surface area contributed by atoms with Crippen LogP contribution in [0.1, 0.15) is 33.7 Å². The quantitative estimate of drug-likeness (QED) is 0.687. The van der Waals surface area contributed by atoms with Crippen molar-refractivity contribution >= 4 is 17.5 Å². The van der Waals surface area contributed by atoms with Gasteiger partial charge in [0.2, 0.25) is 0 Å². The molecule has 10 nitrogen and oxygen atoms in total. The second-order valence-corrected chi connectivity index (χ2v) is 8.02. The monoisotopic (exact) mass is 410 g/mol. The number of morpholine rings is 1. The van der Waals surface area contributed by atoms with Crippen LogP contribution in [0.3, 0.4) is 0 Å². The zero-order valence-electron chi connectivity index (χ0n) is 17.3. The molecular weight excluding hydrogens is 384 g/mol. The number of aromatic nitrogens is 6. The fraction of sp³-hybridized carbons (Fsp3) is 0.550. The molecule has 10 heteroatoms. The molecule has 3 aromatic heterocycles. The lowest BCUT2D eigenvalue weighted by atomic mass is 9.94. The number of fused-ring (bicyclic) bond motifs is 2. The number of hydrogen-bond acceptors (Lipinski definition) is 7. The van der Waals surface area contributed by atoms with Gasteiger partial charge in [0.25, 0.3) is 11.7 Å². The van der Waals surface area contributed by atoms with Gasteiger partial charge in [-0.05, 0) is 32.6 Å². The molecule has 0 aliphatic carbocycles. The van der Waals surface area contributed by atoms with E-state index in [-0.39, 0.29) is 5.91 Å². The van der Waals surface area contributed by atoms with Gasteiger partial charge in [0.1, 0.15) is 12.1 Å². The number of carbonyl (C=O) groups excluding carboxylic acids is 1. The van der Waals surface area contributed by atoms with Crippen LogP contribution < -0.4 is 5.32 Å². The fourth-order valence-corrected chi connectivity index (χ4v) is 4.27. The van der Waals surface area contributed by atoms with Crippen LogP contribution in [0.25, 0.3) is 5.78 Å². The molecule has 1 unspecified atom stereocenters. The smallest absolute Gasteiger partial charge is 0.257 e. The highest BCUT2D eigenvalue weighted by molar-refractivity contribution is 5.95. The van der Waals surface area contributed by atoms with Crippen molar-refractivity contribution in [3.05, 3.63) is 35.0 Å². The number of anilines is 1. The number of hydrogen-bond donors (Lipinski definition) is 1. The Hall–Kier alpha value is -3.01. The minimum Gasteiger partial charge on any atom is -0.378 e. The van der Waals surface area contributed by atoms with Crippen LogP contribution in [0, 0.1) is 19.8 Å². The molecule has 1 N–H and O–H groups in total. The van der Waals surface area contributed by atoms with Crippen molar-refractivity contribution in [3.8, 4) is 0 Å². The van der Waals surface area contributed by atoms with E-state index in [0.717, 1.165) is 54.3 Å². The molecule has 0 aromatic carbocycles. The van der Waals surface area contributed by atoms with Gasteiger partial charge < -0.3 is 15.0 Å². The van der Waals surface area contributed by atoms with Crippen LogP contribution in [-0.2, 0) is 17.7 Å². The Morgan fingerprint density at radius 3 is 2.90 bits per heavy atom. The predicted molar refractivity (Wildman–Crippen MR) is 110 cm³/mol. The number of carbonyl (C=O) groups is 1. The van der Waals surface area contributed by atoms with Crippen molar-refractivity contribution in [3.63, 3.8) is 0 Å². The van der Waals surface area contributed by atoms with Gasteiger partial charge in [-0.15, -0.1) is 0 Å². The first kappa shape index (κ1) is 19.0. The van der Waals surface area contributed by atoms with E-state index in [1.807, 2.05) is 23.4 Å². The summed E-state index contributed by atoms with van der Waals surface area (Å²) in [7, 11) is 0. The SMILES string of the molecule is Cc1nc2ncnn2c(NCC2CCn3ncc(C(=O)N4CCOCC4)c3C2)c1C. The van der Waals surface area contributed by atoms with Crippen molar-refractivity contribution in [1.29, 1.82) is 0 Å². The summed E-state index contributed by atoms with van der Waals surface area (Å²) in [4.78, 5) is 23.6. The Bertz CT molecular complexity index is 1080. The molecule has 2 aliphatic rings. The molecule has 1 fully saturated rings. The highest BCUT2D eigenvalue weighted by Gasteiger charge is 2.28. The van der Waals surface area contributed by atoms with E-state index in [9.17, 15) is 4.79 Å². The van der Waals surface area contributed by atoms with E-state index in [1.165, 1.54) is 6.33 Å². The van der Waals surface area contributed by atoms with Crippen LogP contribution in [-0.4, -0.2) is 73.0 Å². The zero-order chi connectivity index (χ0) is 20.7. The van der Waals surface area contributed by atoms with Crippen molar-refractivity contribution in [2.24, 2.45) is 5.92 Å². The van der Waals surface area contributed by atoms with Gasteiger partial charge in [-0.2, -0.15) is 19.7 Å². The number of nitrogens with one attached hydrogen (secondary N) is 1. The van der Waals surface area contributed by atoms with Gasteiger partial charge >= 0.3 is 0 Å². The number of ether oxygens (including phenoxy) is 1. The maximum atomic E-state index is 13.0. The minimum absolute atomic E-state index is 0.0677. The molecule has 1 saturated heterocycles. The van der Waals surface area contributed by atoms with Gasteiger partial charge in [-0.3, -0.25) is 9.48 Å². The topological polar surface area (TPSA) is 102 Å². The molecular formula is C20H26N8O2. The van der Waals surface area contributed by atoms with Gasteiger partial charge in [-0.1, -0.05) is 0 Å². The Labute approximate surface area is 174 Å². The van der Waals surface area contributed by atoms with E-state index >= 15 is 0 Å². The van der Waals surface area contributed by atoms with E-state index in [2.05, 4.69) is 25.5 Å². The lowest BCUT2D eigenvalue weighted by molar-refractivity contribution is 0.0301. The number of nitrogens with zero attached hydrogens (tertiary/aromatic N) is 7. The minimum atomic E-state index is 0.0677. The van der Waals surface area contributed by atoms with E-state index in [1.54, 1.807) is 10.7 Å². The molecule has 1 amide bonds. The number of rotatable bonds is 4. The predicted octanol–water partition coefficient (Wildman–Crippen LogP) is 1.08. The third-order valence-electron chi connectivity index (χ3n) is 6.17. The molecule has 1 atom stereocenters. The Balaban J connectivity index is 1.32. The largest absolute Gasteiger partial charge is 0.378 e. The van der Waals surface area contributed by atoms with Gasteiger partial charge in [0, 0.05) is 37.4 Å². The summed E-state index contributed by atoms with van der Waals surface area (Å²) >= 11 is 0. The first-order chi connectivity index (χ1) is 14.6. The van der Waals surface area contributed by atoms with E-state index in [0.29, 0.717) is 38.0 Å². The molecule has 0 bridgehead atoms. The van der Waals surface area contributed by atoms with Crippen LogP contribution >= 0.6 is 0 Å². The first-order valence-corrected chi connectivity index (χ1v) is 10.4. The molecule has 5 heterocycles. The van der Waals surface area contributed by atoms with Crippen LogP contribution in [0.5, 0.6) is 0 Å². The van der Waals surface area contributed by atoms with Crippen LogP contribution in [0.15, 0.2) is 12.5 Å². The molecule has 30 heavy (non-hydrogen) atoms. The lowest BCUT2D eigenvalue weighted by Crippen LogP contribution is -2.41. The summed E-state index contributed by atoms with van der Waals surface area (Å²) in [5.41, 5.74) is 3.78. The second kappa shape index (κ2) is 7.67. The Kier molecular flexibility index (Phi) is 4.86. The van der Waals surface area contributed by atoms with Gasteiger partial charge in [0.05, 0.1) is 30.7 Å². The summed E-state index contributed by atoms with van der Waals surface area (Å²) < 4.78 is 9.12. The van der Waals surface area contributed by atoms with Gasteiger partial charge in [-0.25, -0.2) is 4.98 Å². The first-order valence-electron chi connectivity index (χ1n) is 10.4. The molecule has 3 aromatic rings. The summed E-state index contributed by atoms with van der Waals surface area (Å²) in [5.74, 6) is 1.99. The normalized spacial score (nSPS) is 19.1. The number of amides is 1. The molecule has 5 rings (SSSR count). The highest BCUT2D eigenvalue weighted by atomic mass is 16.5. The molecule has 158 valence electrons. The third kappa shape index (κ3) is 3.30. The van der Waals surface area contributed by atoms with Crippen molar-refractivity contribution < 1.29 is 9.53 Å². The highest BCUT2D eigenvalue weighted by Crippen LogP contribution is 2.26. The van der Waals surface area contributed by atoms with Gasteiger partial charge in [0.15, 0.2) is 0 Å². The maximum Gasteiger partial charge on any atom is 0.257 e. The average Bonchev–Trinajstić information content (AvgIpc) is 3.40. The fourth-order valence-electron chi connectivity index (χ4n) is 4.27.